The van der Waals surface area contributed by atoms with Crippen molar-refractivity contribution >= 4 is 0 Å². The summed E-state index contributed by atoms with van der Waals surface area (Å²) in [5.74, 6) is 1.82. The Bertz CT molecular complexity index is 694. The molecule has 4 heteroatoms. The lowest BCUT2D eigenvalue weighted by Gasteiger charge is -2.35. The van der Waals surface area contributed by atoms with Crippen LogP contribution in [0.2, 0.25) is 0 Å². The number of ether oxygens (including phenoxy) is 2. The van der Waals surface area contributed by atoms with Gasteiger partial charge in [-0.25, -0.2) is 0 Å². The van der Waals surface area contributed by atoms with Crippen LogP contribution in [0, 0.1) is 6.92 Å². The molecule has 0 aromatic heterocycles. The van der Waals surface area contributed by atoms with Crippen LogP contribution in [0.3, 0.4) is 0 Å². The van der Waals surface area contributed by atoms with Gasteiger partial charge in [0.05, 0.1) is 14.2 Å². The Balaban J connectivity index is 1.57. The van der Waals surface area contributed by atoms with Gasteiger partial charge in [0, 0.05) is 44.8 Å². The standard InChI is InChI=1S/C21H28N2O2/c1-17-6-4-5-7-18(17)15-22-10-12-23(13-11-22)16-19-14-20(24-2)8-9-21(19)25-3/h4-9,14H,10-13,15-16H2,1-3H3. The number of methoxy groups -OCH3 is 2. The summed E-state index contributed by atoms with van der Waals surface area (Å²) in [4.78, 5) is 5.04. The second-order valence-electron chi connectivity index (χ2n) is 6.66. The highest BCUT2D eigenvalue weighted by Crippen LogP contribution is 2.25. The van der Waals surface area contributed by atoms with Crippen LogP contribution in [0.15, 0.2) is 42.5 Å². The molecule has 1 aliphatic heterocycles. The van der Waals surface area contributed by atoms with Gasteiger partial charge >= 0.3 is 0 Å². The van der Waals surface area contributed by atoms with Crippen molar-refractivity contribution in [2.45, 2.75) is 20.0 Å². The maximum atomic E-state index is 5.51. The quantitative estimate of drug-likeness (QED) is 0.805. The number of hydrogen-bond donors (Lipinski definition) is 0. The first-order chi connectivity index (χ1) is 12.2. The van der Waals surface area contributed by atoms with Crippen LogP contribution in [0.25, 0.3) is 0 Å². The van der Waals surface area contributed by atoms with Gasteiger partial charge in [0.2, 0.25) is 0 Å². The first kappa shape index (κ1) is 17.8. The van der Waals surface area contributed by atoms with Crippen molar-refractivity contribution in [3.8, 4) is 11.5 Å². The summed E-state index contributed by atoms with van der Waals surface area (Å²) in [6.07, 6.45) is 0. The van der Waals surface area contributed by atoms with Crippen molar-refractivity contribution in [2.24, 2.45) is 0 Å². The average Bonchev–Trinajstić information content (AvgIpc) is 2.65. The first-order valence-corrected chi connectivity index (χ1v) is 8.89. The molecule has 0 radical (unpaired) electrons. The molecule has 0 amide bonds. The second kappa shape index (κ2) is 8.37. The summed E-state index contributed by atoms with van der Waals surface area (Å²) in [6.45, 7) is 8.49. The Morgan fingerprint density at radius 1 is 0.800 bits per heavy atom. The maximum Gasteiger partial charge on any atom is 0.123 e. The van der Waals surface area contributed by atoms with Crippen molar-refractivity contribution < 1.29 is 9.47 Å². The Labute approximate surface area is 151 Å². The van der Waals surface area contributed by atoms with Crippen molar-refractivity contribution in [2.75, 3.05) is 40.4 Å². The minimum absolute atomic E-state index is 0.883. The topological polar surface area (TPSA) is 24.9 Å². The van der Waals surface area contributed by atoms with E-state index in [-0.39, 0.29) is 0 Å². The predicted octanol–water partition coefficient (Wildman–Crippen LogP) is 3.33. The van der Waals surface area contributed by atoms with Gasteiger partial charge in [-0.15, -0.1) is 0 Å². The smallest absolute Gasteiger partial charge is 0.123 e. The predicted molar refractivity (Wildman–Crippen MR) is 101 cm³/mol. The molecule has 0 bridgehead atoms. The van der Waals surface area contributed by atoms with Crippen molar-refractivity contribution in [3.05, 3.63) is 59.2 Å². The van der Waals surface area contributed by atoms with Gasteiger partial charge in [-0.3, -0.25) is 9.80 Å². The van der Waals surface area contributed by atoms with E-state index in [0.29, 0.717) is 0 Å². The van der Waals surface area contributed by atoms with Gasteiger partial charge in [-0.05, 0) is 36.2 Å². The monoisotopic (exact) mass is 340 g/mol. The summed E-state index contributed by atoms with van der Waals surface area (Å²) >= 11 is 0. The van der Waals surface area contributed by atoms with Gasteiger partial charge < -0.3 is 9.47 Å². The molecule has 3 rings (SSSR count). The molecular weight excluding hydrogens is 312 g/mol. The lowest BCUT2D eigenvalue weighted by Crippen LogP contribution is -2.45. The van der Waals surface area contributed by atoms with Crippen molar-refractivity contribution in [1.29, 1.82) is 0 Å². The van der Waals surface area contributed by atoms with E-state index >= 15 is 0 Å². The summed E-state index contributed by atoms with van der Waals surface area (Å²) in [5.41, 5.74) is 4.01. The third kappa shape index (κ3) is 4.53. The van der Waals surface area contributed by atoms with Gasteiger partial charge in [-0.2, -0.15) is 0 Å². The fourth-order valence-electron chi connectivity index (χ4n) is 3.38. The molecule has 134 valence electrons. The van der Waals surface area contributed by atoms with Crippen LogP contribution < -0.4 is 9.47 Å². The molecule has 0 spiro atoms. The molecule has 0 aliphatic carbocycles. The van der Waals surface area contributed by atoms with Crippen LogP contribution in [0.1, 0.15) is 16.7 Å². The van der Waals surface area contributed by atoms with E-state index in [2.05, 4.69) is 47.1 Å². The SMILES string of the molecule is COc1ccc(OC)c(CN2CCN(Cc3ccccc3C)CC2)c1. The molecule has 1 fully saturated rings. The van der Waals surface area contributed by atoms with E-state index in [1.807, 2.05) is 12.1 Å². The van der Waals surface area contributed by atoms with Crippen LogP contribution in [-0.4, -0.2) is 50.2 Å². The Morgan fingerprint density at radius 2 is 1.44 bits per heavy atom. The van der Waals surface area contributed by atoms with Gasteiger partial charge in [0.1, 0.15) is 11.5 Å². The van der Waals surface area contributed by atoms with Gasteiger partial charge in [-0.1, -0.05) is 24.3 Å². The second-order valence-corrected chi connectivity index (χ2v) is 6.66. The Kier molecular flexibility index (Phi) is 5.95. The third-order valence-electron chi connectivity index (χ3n) is 5.00. The number of aryl methyl sites for hydroxylation is 1. The summed E-state index contributed by atoms with van der Waals surface area (Å²) < 4.78 is 10.9. The van der Waals surface area contributed by atoms with E-state index in [0.717, 1.165) is 50.8 Å². The van der Waals surface area contributed by atoms with Crippen molar-refractivity contribution in [3.63, 3.8) is 0 Å². The zero-order valence-electron chi connectivity index (χ0n) is 15.5. The summed E-state index contributed by atoms with van der Waals surface area (Å²) in [6, 6.07) is 14.7. The molecule has 25 heavy (non-hydrogen) atoms. The number of piperazine rings is 1. The van der Waals surface area contributed by atoms with E-state index in [4.69, 9.17) is 9.47 Å². The van der Waals surface area contributed by atoms with Gasteiger partial charge in [0.15, 0.2) is 0 Å². The molecular formula is C21H28N2O2. The largest absolute Gasteiger partial charge is 0.497 e. The summed E-state index contributed by atoms with van der Waals surface area (Å²) in [7, 11) is 3.43. The molecule has 1 aliphatic rings. The summed E-state index contributed by atoms with van der Waals surface area (Å²) in [5, 5.41) is 0. The zero-order valence-corrected chi connectivity index (χ0v) is 15.5. The molecule has 1 heterocycles. The number of rotatable bonds is 6. The van der Waals surface area contributed by atoms with E-state index < -0.39 is 0 Å². The first-order valence-electron chi connectivity index (χ1n) is 8.89. The molecule has 0 unspecified atom stereocenters. The zero-order chi connectivity index (χ0) is 17.6. The van der Waals surface area contributed by atoms with Crippen LogP contribution in [-0.2, 0) is 13.1 Å². The third-order valence-corrected chi connectivity index (χ3v) is 5.00. The molecule has 0 saturated carbocycles. The van der Waals surface area contributed by atoms with E-state index in [1.54, 1.807) is 14.2 Å². The number of benzene rings is 2. The minimum atomic E-state index is 0.883. The average molecular weight is 340 g/mol. The molecule has 2 aromatic carbocycles. The maximum absolute atomic E-state index is 5.51. The highest BCUT2D eigenvalue weighted by molar-refractivity contribution is 5.40. The Hall–Kier alpha value is -2.04. The van der Waals surface area contributed by atoms with E-state index in [1.165, 1.54) is 16.7 Å². The van der Waals surface area contributed by atoms with Crippen LogP contribution in [0.4, 0.5) is 0 Å². The van der Waals surface area contributed by atoms with Crippen LogP contribution >= 0.6 is 0 Å². The molecule has 4 nitrogen and oxygen atoms in total. The van der Waals surface area contributed by atoms with Crippen molar-refractivity contribution in [1.82, 2.24) is 9.80 Å². The number of hydrogen-bond acceptors (Lipinski definition) is 4. The Morgan fingerprint density at radius 3 is 2.04 bits per heavy atom. The van der Waals surface area contributed by atoms with Gasteiger partial charge in [0.25, 0.3) is 0 Å². The fourth-order valence-corrected chi connectivity index (χ4v) is 3.38. The van der Waals surface area contributed by atoms with E-state index in [9.17, 15) is 0 Å². The minimum Gasteiger partial charge on any atom is -0.497 e. The number of nitrogens with zero attached hydrogens (tertiary/aromatic N) is 2. The normalized spacial score (nSPS) is 16.0. The molecule has 0 atom stereocenters. The molecule has 1 saturated heterocycles. The highest BCUT2D eigenvalue weighted by Gasteiger charge is 2.19. The lowest BCUT2D eigenvalue weighted by molar-refractivity contribution is 0.121. The van der Waals surface area contributed by atoms with Crippen LogP contribution in [0.5, 0.6) is 11.5 Å². The molecule has 2 aromatic rings. The molecule has 0 N–H and O–H groups in total. The lowest BCUT2D eigenvalue weighted by atomic mass is 10.1. The fraction of sp³-hybridized carbons (Fsp3) is 0.429. The highest BCUT2D eigenvalue weighted by atomic mass is 16.5.